The smallest absolute Gasteiger partial charge is 0.0809 e. The molecule has 1 saturated carbocycles. The minimum Gasteiger partial charge on any atom is -0.376 e. The zero-order valence-electron chi connectivity index (χ0n) is 8.63. The van der Waals surface area contributed by atoms with Crippen LogP contribution >= 0.6 is 0 Å². The van der Waals surface area contributed by atoms with Gasteiger partial charge in [-0.05, 0) is 25.7 Å². The van der Waals surface area contributed by atoms with Gasteiger partial charge in [-0.2, -0.15) is 0 Å². The van der Waals surface area contributed by atoms with Gasteiger partial charge in [0.1, 0.15) is 0 Å². The van der Waals surface area contributed by atoms with Gasteiger partial charge in [0, 0.05) is 25.1 Å². The molecule has 3 aliphatic rings. The Hall–Kier alpha value is -0.120. The fraction of sp³-hybridized carbons (Fsp3) is 1.00. The van der Waals surface area contributed by atoms with Crippen molar-refractivity contribution in [1.29, 1.82) is 0 Å². The van der Waals surface area contributed by atoms with Crippen molar-refractivity contribution in [2.45, 2.75) is 37.9 Å². The van der Waals surface area contributed by atoms with Gasteiger partial charge in [0.15, 0.2) is 0 Å². The Morgan fingerprint density at radius 1 is 1.36 bits per heavy atom. The molecule has 0 aromatic rings. The fourth-order valence-corrected chi connectivity index (χ4v) is 2.81. The molecule has 2 heterocycles. The first-order chi connectivity index (χ1) is 6.86. The molecular weight excluding hydrogens is 178 g/mol. The summed E-state index contributed by atoms with van der Waals surface area (Å²) in [6, 6.07) is 0. The topological polar surface area (TPSA) is 30.5 Å². The van der Waals surface area contributed by atoms with Crippen LogP contribution in [0, 0.1) is 5.41 Å². The lowest BCUT2D eigenvalue weighted by molar-refractivity contribution is -0.121. The van der Waals surface area contributed by atoms with Gasteiger partial charge in [-0.25, -0.2) is 0 Å². The van der Waals surface area contributed by atoms with Crippen molar-refractivity contribution in [2.24, 2.45) is 5.41 Å². The molecule has 1 aliphatic carbocycles. The highest BCUT2D eigenvalue weighted by Gasteiger charge is 2.49. The van der Waals surface area contributed by atoms with Gasteiger partial charge in [0.05, 0.1) is 18.8 Å². The van der Waals surface area contributed by atoms with E-state index in [9.17, 15) is 0 Å². The summed E-state index contributed by atoms with van der Waals surface area (Å²) < 4.78 is 11.4. The molecule has 0 amide bonds. The lowest BCUT2D eigenvalue weighted by Crippen LogP contribution is -2.62. The van der Waals surface area contributed by atoms with E-state index in [1.165, 1.54) is 38.8 Å². The summed E-state index contributed by atoms with van der Waals surface area (Å²) in [6.45, 7) is 4.19. The van der Waals surface area contributed by atoms with Crippen molar-refractivity contribution >= 4 is 0 Å². The SMILES string of the molecule is C1CO[C@H](COC2CC3(CNC3)C2)C1. The normalized spacial score (nSPS) is 35.6. The van der Waals surface area contributed by atoms with Crippen molar-refractivity contribution in [3.05, 3.63) is 0 Å². The van der Waals surface area contributed by atoms with Crippen molar-refractivity contribution in [2.75, 3.05) is 26.3 Å². The molecule has 0 aromatic heterocycles. The van der Waals surface area contributed by atoms with Gasteiger partial charge in [-0.15, -0.1) is 0 Å². The number of hydrogen-bond acceptors (Lipinski definition) is 3. The molecule has 2 saturated heterocycles. The van der Waals surface area contributed by atoms with Crippen LogP contribution < -0.4 is 5.32 Å². The maximum absolute atomic E-state index is 5.84. The highest BCUT2D eigenvalue weighted by Crippen LogP contribution is 2.45. The Balaban J connectivity index is 1.34. The molecule has 3 heteroatoms. The Morgan fingerprint density at radius 3 is 2.79 bits per heavy atom. The van der Waals surface area contributed by atoms with Crippen molar-refractivity contribution in [3.63, 3.8) is 0 Å². The van der Waals surface area contributed by atoms with E-state index in [-0.39, 0.29) is 0 Å². The van der Waals surface area contributed by atoms with Crippen LogP contribution in [0.1, 0.15) is 25.7 Å². The van der Waals surface area contributed by atoms with E-state index in [4.69, 9.17) is 9.47 Å². The molecule has 14 heavy (non-hydrogen) atoms. The minimum absolute atomic E-state index is 0.395. The maximum atomic E-state index is 5.84. The Labute approximate surface area is 85.1 Å². The third-order valence-corrected chi connectivity index (χ3v) is 3.86. The van der Waals surface area contributed by atoms with Gasteiger partial charge in [0.25, 0.3) is 0 Å². The largest absolute Gasteiger partial charge is 0.376 e. The van der Waals surface area contributed by atoms with Crippen molar-refractivity contribution in [3.8, 4) is 0 Å². The van der Waals surface area contributed by atoms with Gasteiger partial charge in [-0.3, -0.25) is 0 Å². The number of rotatable bonds is 3. The first-order valence-electron chi connectivity index (χ1n) is 5.80. The molecule has 0 unspecified atom stereocenters. The Kier molecular flexibility index (Phi) is 2.26. The zero-order chi connectivity index (χ0) is 9.43. The first kappa shape index (κ1) is 9.13. The van der Waals surface area contributed by atoms with E-state index in [1.807, 2.05) is 0 Å². The van der Waals surface area contributed by atoms with Crippen molar-refractivity contribution in [1.82, 2.24) is 5.32 Å². The second-order valence-electron chi connectivity index (χ2n) is 5.10. The van der Waals surface area contributed by atoms with Crippen LogP contribution in [0.15, 0.2) is 0 Å². The summed E-state index contributed by atoms with van der Waals surface area (Å²) in [5.74, 6) is 0. The summed E-state index contributed by atoms with van der Waals surface area (Å²) in [4.78, 5) is 0. The monoisotopic (exact) mass is 197 g/mol. The van der Waals surface area contributed by atoms with E-state index in [2.05, 4.69) is 5.32 Å². The van der Waals surface area contributed by atoms with E-state index in [1.54, 1.807) is 0 Å². The lowest BCUT2D eigenvalue weighted by atomic mass is 9.63. The second-order valence-corrected chi connectivity index (χ2v) is 5.10. The van der Waals surface area contributed by atoms with Crippen LogP contribution in [-0.4, -0.2) is 38.5 Å². The Morgan fingerprint density at radius 2 is 2.21 bits per heavy atom. The van der Waals surface area contributed by atoms with Crippen LogP contribution in [0.4, 0.5) is 0 Å². The van der Waals surface area contributed by atoms with Crippen LogP contribution in [0.2, 0.25) is 0 Å². The number of hydrogen-bond donors (Lipinski definition) is 1. The summed E-state index contributed by atoms with van der Waals surface area (Å²) >= 11 is 0. The van der Waals surface area contributed by atoms with Crippen LogP contribution in [0.5, 0.6) is 0 Å². The van der Waals surface area contributed by atoms with Gasteiger partial charge in [0.2, 0.25) is 0 Å². The third kappa shape index (κ3) is 1.58. The summed E-state index contributed by atoms with van der Waals surface area (Å²) in [5.41, 5.74) is 0.640. The summed E-state index contributed by atoms with van der Waals surface area (Å²) in [7, 11) is 0. The fourth-order valence-electron chi connectivity index (χ4n) is 2.81. The molecule has 3 rings (SSSR count). The standard InChI is InChI=1S/C11H19NO2/c1-2-9(13-3-1)6-14-10-4-11(5-10)7-12-8-11/h9-10,12H,1-8H2/t9-/m0/s1. The molecule has 0 radical (unpaired) electrons. The highest BCUT2D eigenvalue weighted by molar-refractivity contribution is 5.03. The third-order valence-electron chi connectivity index (χ3n) is 3.86. The molecule has 1 atom stereocenters. The second kappa shape index (κ2) is 3.47. The molecule has 2 aliphatic heterocycles. The minimum atomic E-state index is 0.395. The quantitative estimate of drug-likeness (QED) is 0.730. The molecular formula is C11H19NO2. The van der Waals surface area contributed by atoms with Gasteiger partial charge in [-0.1, -0.05) is 0 Å². The lowest BCUT2D eigenvalue weighted by Gasteiger charge is -2.54. The molecule has 0 bridgehead atoms. The van der Waals surface area contributed by atoms with Crippen molar-refractivity contribution < 1.29 is 9.47 Å². The van der Waals surface area contributed by atoms with E-state index < -0.39 is 0 Å². The maximum Gasteiger partial charge on any atom is 0.0809 e. The molecule has 3 nitrogen and oxygen atoms in total. The van der Waals surface area contributed by atoms with Crippen LogP contribution in [0.3, 0.4) is 0 Å². The van der Waals surface area contributed by atoms with Gasteiger partial charge >= 0.3 is 0 Å². The van der Waals surface area contributed by atoms with E-state index >= 15 is 0 Å². The predicted molar refractivity (Wildman–Crippen MR) is 53.3 cm³/mol. The number of ether oxygens (including phenoxy) is 2. The number of nitrogens with one attached hydrogen (secondary N) is 1. The highest BCUT2D eigenvalue weighted by atomic mass is 16.5. The summed E-state index contributed by atoms with van der Waals surface area (Å²) in [6.07, 6.45) is 5.87. The first-order valence-corrected chi connectivity index (χ1v) is 5.80. The molecule has 80 valence electrons. The molecule has 1 N–H and O–H groups in total. The van der Waals surface area contributed by atoms with Crippen LogP contribution in [-0.2, 0) is 9.47 Å². The average molecular weight is 197 g/mol. The van der Waals surface area contributed by atoms with Crippen LogP contribution in [0.25, 0.3) is 0 Å². The van der Waals surface area contributed by atoms with Gasteiger partial charge < -0.3 is 14.8 Å². The van der Waals surface area contributed by atoms with E-state index in [0.29, 0.717) is 17.6 Å². The zero-order valence-corrected chi connectivity index (χ0v) is 8.63. The molecule has 3 fully saturated rings. The van der Waals surface area contributed by atoms with E-state index in [0.717, 1.165) is 13.2 Å². The summed E-state index contributed by atoms with van der Waals surface area (Å²) in [5, 5.41) is 3.34. The Bertz CT molecular complexity index is 201. The average Bonchev–Trinajstić information content (AvgIpc) is 2.50. The molecule has 1 spiro atoms. The predicted octanol–water partition coefficient (Wildman–Crippen LogP) is 0.934. The molecule has 0 aromatic carbocycles.